The summed E-state index contributed by atoms with van der Waals surface area (Å²) in [5.41, 5.74) is 1.29. The summed E-state index contributed by atoms with van der Waals surface area (Å²) >= 11 is 0. The number of amides is 3. The second-order valence-electron chi connectivity index (χ2n) is 8.20. The van der Waals surface area contributed by atoms with Crippen molar-refractivity contribution in [3.05, 3.63) is 59.7 Å². The molecule has 2 aromatic carbocycles. The third-order valence-corrected chi connectivity index (χ3v) is 4.97. The van der Waals surface area contributed by atoms with Gasteiger partial charge in [0.15, 0.2) is 0 Å². The van der Waals surface area contributed by atoms with Crippen molar-refractivity contribution in [1.82, 2.24) is 4.90 Å². The van der Waals surface area contributed by atoms with Crippen LogP contribution < -0.4 is 9.64 Å². The quantitative estimate of drug-likeness (QED) is 0.744. The Labute approximate surface area is 171 Å². The monoisotopic (exact) mass is 394 g/mol. The maximum atomic E-state index is 13.3. The van der Waals surface area contributed by atoms with Crippen molar-refractivity contribution >= 4 is 23.4 Å². The molecule has 0 saturated carbocycles. The van der Waals surface area contributed by atoms with E-state index in [0.717, 1.165) is 10.5 Å². The lowest BCUT2D eigenvalue weighted by Gasteiger charge is -2.39. The summed E-state index contributed by atoms with van der Waals surface area (Å²) in [7, 11) is 1.55. The predicted octanol–water partition coefficient (Wildman–Crippen LogP) is 3.58. The fraction of sp³-hybridized carbons (Fsp3) is 0.348. The van der Waals surface area contributed by atoms with Gasteiger partial charge in [0.25, 0.3) is 11.8 Å². The first-order valence-corrected chi connectivity index (χ1v) is 9.54. The van der Waals surface area contributed by atoms with Gasteiger partial charge < -0.3 is 9.64 Å². The van der Waals surface area contributed by atoms with Gasteiger partial charge in [0.05, 0.1) is 19.2 Å². The number of nitrogens with zero attached hydrogens (tertiary/aromatic N) is 2. The first-order chi connectivity index (χ1) is 13.6. The van der Waals surface area contributed by atoms with Crippen LogP contribution in [0.4, 0.5) is 5.69 Å². The number of imide groups is 1. The summed E-state index contributed by atoms with van der Waals surface area (Å²) in [6, 6.07) is 13.1. The molecule has 0 radical (unpaired) electrons. The van der Waals surface area contributed by atoms with E-state index in [4.69, 9.17) is 4.74 Å². The Bertz CT molecular complexity index is 944. The van der Waals surface area contributed by atoms with Crippen LogP contribution in [0.15, 0.2) is 48.5 Å². The van der Waals surface area contributed by atoms with Crippen LogP contribution in [0, 0.1) is 6.92 Å². The molecule has 1 saturated heterocycles. The molecule has 1 atom stereocenters. The minimum Gasteiger partial charge on any atom is -0.497 e. The summed E-state index contributed by atoms with van der Waals surface area (Å²) in [6.07, 6.45) is -0.0420. The van der Waals surface area contributed by atoms with E-state index in [1.807, 2.05) is 39.8 Å². The standard InChI is InChI=1S/C23H26N2O4/c1-15-7-6-8-16(13-15)21(27)25(23(2,3)4)19-14-20(26)24(22(19)28)17-9-11-18(29-5)12-10-17/h6-13,19H,14H2,1-5H3. The second kappa shape index (κ2) is 7.70. The highest BCUT2D eigenvalue weighted by atomic mass is 16.5. The summed E-state index contributed by atoms with van der Waals surface area (Å²) in [5.74, 6) is -0.341. The van der Waals surface area contributed by atoms with E-state index in [1.165, 1.54) is 4.90 Å². The Morgan fingerprint density at radius 1 is 1.10 bits per heavy atom. The highest BCUT2D eigenvalue weighted by Gasteiger charge is 2.47. The third kappa shape index (κ3) is 4.01. The molecule has 2 aromatic rings. The summed E-state index contributed by atoms with van der Waals surface area (Å²) in [4.78, 5) is 42.0. The van der Waals surface area contributed by atoms with Gasteiger partial charge in [-0.2, -0.15) is 0 Å². The van der Waals surface area contributed by atoms with Crippen molar-refractivity contribution in [2.45, 2.75) is 45.7 Å². The highest BCUT2D eigenvalue weighted by molar-refractivity contribution is 6.23. The number of carbonyl (C=O) groups excluding carboxylic acids is 3. The smallest absolute Gasteiger partial charge is 0.257 e. The molecule has 1 aliphatic rings. The van der Waals surface area contributed by atoms with Crippen molar-refractivity contribution in [2.75, 3.05) is 12.0 Å². The molecule has 1 fully saturated rings. The zero-order valence-corrected chi connectivity index (χ0v) is 17.4. The van der Waals surface area contributed by atoms with Gasteiger partial charge in [0.2, 0.25) is 5.91 Å². The number of aryl methyl sites for hydroxylation is 1. The lowest BCUT2D eigenvalue weighted by Crippen LogP contribution is -2.54. The molecule has 6 heteroatoms. The van der Waals surface area contributed by atoms with E-state index in [1.54, 1.807) is 43.5 Å². The number of ether oxygens (including phenoxy) is 1. The first kappa shape index (κ1) is 20.6. The number of hydrogen-bond acceptors (Lipinski definition) is 4. The minimum atomic E-state index is -0.849. The van der Waals surface area contributed by atoms with Crippen molar-refractivity contribution in [3.63, 3.8) is 0 Å². The topological polar surface area (TPSA) is 66.9 Å². The molecule has 0 aliphatic carbocycles. The predicted molar refractivity (Wildman–Crippen MR) is 111 cm³/mol. The fourth-order valence-electron chi connectivity index (χ4n) is 3.65. The zero-order valence-electron chi connectivity index (χ0n) is 17.4. The molecule has 29 heavy (non-hydrogen) atoms. The third-order valence-electron chi connectivity index (χ3n) is 4.97. The van der Waals surface area contributed by atoms with E-state index in [-0.39, 0.29) is 18.2 Å². The van der Waals surface area contributed by atoms with Crippen LogP contribution in [0.3, 0.4) is 0 Å². The van der Waals surface area contributed by atoms with Crippen LogP contribution in [0.2, 0.25) is 0 Å². The van der Waals surface area contributed by atoms with Crippen molar-refractivity contribution in [1.29, 1.82) is 0 Å². The number of anilines is 1. The Morgan fingerprint density at radius 3 is 2.31 bits per heavy atom. The summed E-state index contributed by atoms with van der Waals surface area (Å²) in [5, 5.41) is 0. The van der Waals surface area contributed by atoms with Crippen LogP contribution in [0.1, 0.15) is 43.1 Å². The number of carbonyl (C=O) groups is 3. The maximum Gasteiger partial charge on any atom is 0.257 e. The van der Waals surface area contributed by atoms with Crippen molar-refractivity contribution < 1.29 is 19.1 Å². The van der Waals surface area contributed by atoms with Crippen LogP contribution in [-0.2, 0) is 9.59 Å². The van der Waals surface area contributed by atoms with Crippen LogP contribution in [0.5, 0.6) is 5.75 Å². The maximum absolute atomic E-state index is 13.3. The van der Waals surface area contributed by atoms with E-state index < -0.39 is 17.5 Å². The minimum absolute atomic E-state index is 0.0420. The number of hydrogen-bond donors (Lipinski definition) is 0. The van der Waals surface area contributed by atoms with E-state index in [2.05, 4.69) is 0 Å². The Hall–Kier alpha value is -3.15. The summed E-state index contributed by atoms with van der Waals surface area (Å²) in [6.45, 7) is 7.52. The zero-order chi connectivity index (χ0) is 21.3. The number of benzene rings is 2. The average molecular weight is 394 g/mol. The molecular formula is C23H26N2O4. The average Bonchev–Trinajstić information content (AvgIpc) is 2.94. The van der Waals surface area contributed by atoms with Crippen LogP contribution >= 0.6 is 0 Å². The molecular weight excluding hydrogens is 368 g/mol. The van der Waals surface area contributed by atoms with E-state index in [0.29, 0.717) is 17.0 Å². The van der Waals surface area contributed by atoms with Gasteiger partial charge in [-0.15, -0.1) is 0 Å². The molecule has 3 rings (SSSR count). The van der Waals surface area contributed by atoms with Gasteiger partial charge >= 0.3 is 0 Å². The molecule has 0 spiro atoms. The van der Waals surface area contributed by atoms with E-state index >= 15 is 0 Å². The number of rotatable bonds is 4. The second-order valence-corrected chi connectivity index (χ2v) is 8.20. The molecule has 6 nitrogen and oxygen atoms in total. The van der Waals surface area contributed by atoms with Crippen molar-refractivity contribution in [3.8, 4) is 5.75 Å². The van der Waals surface area contributed by atoms with Gasteiger partial charge in [-0.1, -0.05) is 17.7 Å². The normalized spacial score (nSPS) is 16.9. The number of methoxy groups -OCH3 is 1. The molecule has 1 heterocycles. The Balaban J connectivity index is 1.96. The SMILES string of the molecule is COc1ccc(N2C(=O)CC(N(C(=O)c3cccc(C)c3)C(C)(C)C)C2=O)cc1. The molecule has 0 aromatic heterocycles. The van der Waals surface area contributed by atoms with Gasteiger partial charge in [-0.25, -0.2) is 4.90 Å². The summed E-state index contributed by atoms with van der Waals surface area (Å²) < 4.78 is 5.14. The van der Waals surface area contributed by atoms with Crippen LogP contribution in [0.25, 0.3) is 0 Å². The lowest BCUT2D eigenvalue weighted by molar-refractivity contribution is -0.123. The van der Waals surface area contributed by atoms with Crippen LogP contribution in [-0.4, -0.2) is 41.3 Å². The molecule has 0 N–H and O–H groups in total. The fourth-order valence-corrected chi connectivity index (χ4v) is 3.65. The molecule has 0 bridgehead atoms. The molecule has 1 aliphatic heterocycles. The van der Waals surface area contributed by atoms with Gasteiger partial charge in [-0.05, 0) is 64.1 Å². The molecule has 1 unspecified atom stereocenters. The largest absolute Gasteiger partial charge is 0.497 e. The van der Waals surface area contributed by atoms with Gasteiger partial charge in [0, 0.05) is 11.1 Å². The lowest BCUT2D eigenvalue weighted by atomic mass is 9.99. The van der Waals surface area contributed by atoms with Gasteiger partial charge in [0.1, 0.15) is 11.8 Å². The molecule has 152 valence electrons. The van der Waals surface area contributed by atoms with E-state index in [9.17, 15) is 14.4 Å². The molecule has 3 amide bonds. The van der Waals surface area contributed by atoms with Crippen molar-refractivity contribution in [2.24, 2.45) is 0 Å². The van der Waals surface area contributed by atoms with Gasteiger partial charge in [-0.3, -0.25) is 14.4 Å². The highest BCUT2D eigenvalue weighted by Crippen LogP contribution is 2.31. The Morgan fingerprint density at radius 2 is 1.76 bits per heavy atom. The Kier molecular flexibility index (Phi) is 5.46. The first-order valence-electron chi connectivity index (χ1n) is 9.54.